The number of carbonyl (C=O) groups is 2. The predicted molar refractivity (Wildman–Crippen MR) is 119 cm³/mol. The summed E-state index contributed by atoms with van der Waals surface area (Å²) in [6, 6.07) is 14.0. The molecule has 0 aliphatic carbocycles. The van der Waals surface area contributed by atoms with Crippen LogP contribution in [0.15, 0.2) is 65.4 Å². The number of hydrogen-bond acceptors (Lipinski definition) is 7. The van der Waals surface area contributed by atoms with Crippen LogP contribution < -0.4 is 10.2 Å². The van der Waals surface area contributed by atoms with Gasteiger partial charge in [0.05, 0.1) is 6.26 Å². The van der Waals surface area contributed by atoms with Crippen molar-refractivity contribution in [2.24, 2.45) is 0 Å². The van der Waals surface area contributed by atoms with Crippen LogP contribution in [-0.4, -0.2) is 52.9 Å². The number of pyridine rings is 1. The summed E-state index contributed by atoms with van der Waals surface area (Å²) in [4.78, 5) is 38.9. The van der Waals surface area contributed by atoms with E-state index in [1.807, 2.05) is 17.0 Å². The first kappa shape index (κ1) is 19.3. The van der Waals surface area contributed by atoms with E-state index in [4.69, 9.17) is 4.42 Å². The van der Waals surface area contributed by atoms with Crippen LogP contribution in [0.2, 0.25) is 0 Å². The van der Waals surface area contributed by atoms with Gasteiger partial charge in [0, 0.05) is 43.6 Å². The van der Waals surface area contributed by atoms with Crippen molar-refractivity contribution in [2.75, 3.05) is 36.4 Å². The number of hydrogen-bond donors (Lipinski definition) is 1. The summed E-state index contributed by atoms with van der Waals surface area (Å²) in [5.41, 5.74) is 2.10. The molecule has 1 N–H and O–H groups in total. The molecule has 0 saturated carbocycles. The van der Waals surface area contributed by atoms with E-state index in [1.54, 1.807) is 53.9 Å². The molecule has 0 radical (unpaired) electrons. The Labute approximate surface area is 182 Å². The first-order chi connectivity index (χ1) is 15.2. The molecule has 0 bridgehead atoms. The zero-order valence-corrected chi connectivity index (χ0v) is 17.3. The maximum atomic E-state index is 12.9. The van der Waals surface area contributed by atoms with E-state index in [0.29, 0.717) is 24.3 Å². The van der Waals surface area contributed by atoms with Gasteiger partial charge in [0.1, 0.15) is 10.3 Å². The van der Waals surface area contributed by atoms with Crippen LogP contribution in [0.25, 0.3) is 10.3 Å². The third-order valence-corrected chi connectivity index (χ3v) is 6.17. The molecule has 0 atom stereocenters. The molecular weight excluding hydrogens is 414 g/mol. The number of carbonyl (C=O) groups excluding carboxylic acids is 2. The molecule has 156 valence electrons. The molecule has 1 aliphatic rings. The third-order valence-electron chi connectivity index (χ3n) is 5.13. The number of amides is 2. The van der Waals surface area contributed by atoms with Crippen LogP contribution in [-0.2, 0) is 0 Å². The second kappa shape index (κ2) is 8.19. The van der Waals surface area contributed by atoms with Gasteiger partial charge in [0.25, 0.3) is 11.8 Å². The molecular formula is C22H19N5O3S. The van der Waals surface area contributed by atoms with Crippen molar-refractivity contribution in [1.82, 2.24) is 14.9 Å². The van der Waals surface area contributed by atoms with E-state index in [-0.39, 0.29) is 17.6 Å². The minimum atomic E-state index is -0.328. The van der Waals surface area contributed by atoms with E-state index in [2.05, 4.69) is 20.2 Å². The maximum Gasteiger partial charge on any atom is 0.291 e. The standard InChI is InChI=1S/C22H19N5O3S/c28-19(18-4-2-14-30-18)24-16-7-5-15(6-8-16)21(29)26-10-12-27(13-11-26)22-25-17-3-1-9-23-20(17)31-22/h1-9,14H,10-13H2,(H,24,28). The predicted octanol–water partition coefficient (Wildman–Crippen LogP) is 3.50. The van der Waals surface area contributed by atoms with Crippen molar-refractivity contribution < 1.29 is 14.0 Å². The van der Waals surface area contributed by atoms with Crippen molar-refractivity contribution in [3.8, 4) is 0 Å². The molecule has 1 saturated heterocycles. The van der Waals surface area contributed by atoms with Gasteiger partial charge in [-0.2, -0.15) is 0 Å². The molecule has 1 fully saturated rings. The van der Waals surface area contributed by atoms with Gasteiger partial charge in [-0.3, -0.25) is 9.59 Å². The Bertz CT molecular complexity index is 1180. The lowest BCUT2D eigenvalue weighted by atomic mass is 10.1. The Morgan fingerprint density at radius 3 is 2.52 bits per heavy atom. The number of furan rings is 1. The Kier molecular flexibility index (Phi) is 5.09. The molecule has 4 aromatic rings. The van der Waals surface area contributed by atoms with Gasteiger partial charge in [0.15, 0.2) is 10.9 Å². The molecule has 1 aromatic carbocycles. The van der Waals surface area contributed by atoms with Gasteiger partial charge in [-0.15, -0.1) is 0 Å². The Morgan fingerprint density at radius 1 is 1.00 bits per heavy atom. The number of fused-ring (bicyclic) bond motifs is 1. The second-order valence-corrected chi connectivity index (χ2v) is 8.07. The number of nitrogens with one attached hydrogen (secondary N) is 1. The van der Waals surface area contributed by atoms with Crippen LogP contribution in [0.3, 0.4) is 0 Å². The normalized spacial score (nSPS) is 14.1. The zero-order chi connectivity index (χ0) is 21.2. The van der Waals surface area contributed by atoms with Crippen molar-refractivity contribution in [3.05, 3.63) is 72.3 Å². The summed E-state index contributed by atoms with van der Waals surface area (Å²) in [6.45, 7) is 2.70. The summed E-state index contributed by atoms with van der Waals surface area (Å²) in [7, 11) is 0. The van der Waals surface area contributed by atoms with E-state index in [1.165, 1.54) is 6.26 Å². The Morgan fingerprint density at radius 2 is 1.81 bits per heavy atom. The maximum absolute atomic E-state index is 12.9. The number of aromatic nitrogens is 2. The number of anilines is 2. The van der Waals surface area contributed by atoms with Gasteiger partial charge in [-0.25, -0.2) is 9.97 Å². The monoisotopic (exact) mass is 433 g/mol. The lowest BCUT2D eigenvalue weighted by molar-refractivity contribution is 0.0746. The third kappa shape index (κ3) is 3.99. The van der Waals surface area contributed by atoms with Gasteiger partial charge >= 0.3 is 0 Å². The minimum Gasteiger partial charge on any atom is -0.459 e. The Hall–Kier alpha value is -3.72. The first-order valence-corrected chi connectivity index (χ1v) is 10.7. The number of nitrogens with zero attached hydrogens (tertiary/aromatic N) is 4. The van der Waals surface area contributed by atoms with E-state index in [0.717, 1.165) is 28.6 Å². The van der Waals surface area contributed by atoms with Gasteiger partial charge in [0.2, 0.25) is 0 Å². The lowest BCUT2D eigenvalue weighted by Gasteiger charge is -2.34. The minimum absolute atomic E-state index is 0.0190. The highest BCUT2D eigenvalue weighted by Gasteiger charge is 2.24. The topological polar surface area (TPSA) is 91.6 Å². The van der Waals surface area contributed by atoms with Crippen LogP contribution >= 0.6 is 11.3 Å². The van der Waals surface area contributed by atoms with Gasteiger partial charge in [-0.1, -0.05) is 11.3 Å². The van der Waals surface area contributed by atoms with Gasteiger partial charge in [-0.05, 0) is 48.5 Å². The van der Waals surface area contributed by atoms with Crippen molar-refractivity contribution in [2.45, 2.75) is 0 Å². The molecule has 9 heteroatoms. The molecule has 31 heavy (non-hydrogen) atoms. The average molecular weight is 433 g/mol. The number of benzene rings is 1. The summed E-state index contributed by atoms with van der Waals surface area (Å²) in [5, 5.41) is 3.69. The van der Waals surface area contributed by atoms with Crippen LogP contribution in [0.4, 0.5) is 10.8 Å². The highest BCUT2D eigenvalue weighted by Crippen LogP contribution is 2.27. The first-order valence-electron chi connectivity index (χ1n) is 9.88. The summed E-state index contributed by atoms with van der Waals surface area (Å²) >= 11 is 1.57. The average Bonchev–Trinajstić information content (AvgIpc) is 3.49. The lowest BCUT2D eigenvalue weighted by Crippen LogP contribution is -2.48. The molecule has 2 amide bonds. The smallest absolute Gasteiger partial charge is 0.291 e. The fourth-order valence-electron chi connectivity index (χ4n) is 3.47. The van der Waals surface area contributed by atoms with Crippen molar-refractivity contribution >= 4 is 44.3 Å². The highest BCUT2D eigenvalue weighted by molar-refractivity contribution is 7.21. The number of thiazole rings is 1. The fourth-order valence-corrected chi connectivity index (χ4v) is 4.43. The molecule has 1 aliphatic heterocycles. The Balaban J connectivity index is 1.19. The molecule has 3 aromatic heterocycles. The van der Waals surface area contributed by atoms with E-state index in [9.17, 15) is 9.59 Å². The summed E-state index contributed by atoms with van der Waals surface area (Å²) in [6.07, 6.45) is 3.22. The number of rotatable bonds is 4. The molecule has 0 spiro atoms. The van der Waals surface area contributed by atoms with E-state index < -0.39 is 0 Å². The quantitative estimate of drug-likeness (QED) is 0.530. The second-order valence-electron chi connectivity index (χ2n) is 7.11. The van der Waals surface area contributed by atoms with Gasteiger partial charge < -0.3 is 19.5 Å². The van der Waals surface area contributed by atoms with Crippen LogP contribution in [0.5, 0.6) is 0 Å². The SMILES string of the molecule is O=C(Nc1ccc(C(=O)N2CCN(c3nc4cccnc4s3)CC2)cc1)c1ccco1. The van der Waals surface area contributed by atoms with Crippen LogP contribution in [0.1, 0.15) is 20.9 Å². The fraction of sp³-hybridized carbons (Fsp3) is 0.182. The molecule has 0 unspecified atom stereocenters. The highest BCUT2D eigenvalue weighted by atomic mass is 32.1. The molecule has 8 nitrogen and oxygen atoms in total. The molecule has 4 heterocycles. The van der Waals surface area contributed by atoms with Crippen molar-refractivity contribution in [3.63, 3.8) is 0 Å². The number of piperazine rings is 1. The van der Waals surface area contributed by atoms with E-state index >= 15 is 0 Å². The van der Waals surface area contributed by atoms with Crippen molar-refractivity contribution in [1.29, 1.82) is 0 Å². The van der Waals surface area contributed by atoms with Crippen LogP contribution in [0, 0.1) is 0 Å². The largest absolute Gasteiger partial charge is 0.459 e. The summed E-state index contributed by atoms with van der Waals surface area (Å²) < 4.78 is 5.08. The molecule has 5 rings (SSSR count). The summed E-state index contributed by atoms with van der Waals surface area (Å²) in [5.74, 6) is -0.110. The zero-order valence-electron chi connectivity index (χ0n) is 16.5.